The van der Waals surface area contributed by atoms with Crippen molar-refractivity contribution < 1.29 is 14.7 Å². The van der Waals surface area contributed by atoms with Crippen LogP contribution in [0.25, 0.3) is 10.8 Å². The molecular weight excluding hydrogens is 322 g/mol. The molecule has 0 saturated carbocycles. The van der Waals surface area contributed by atoms with E-state index >= 15 is 0 Å². The molecule has 3 aromatic carbocycles. The van der Waals surface area contributed by atoms with Gasteiger partial charge in [0.05, 0.1) is 19.7 Å². The van der Waals surface area contributed by atoms with Gasteiger partial charge in [-0.15, -0.1) is 0 Å². The van der Waals surface area contributed by atoms with Crippen LogP contribution in [0.2, 0.25) is 5.02 Å². The summed E-state index contributed by atoms with van der Waals surface area (Å²) in [4.78, 5) is 1.27. The smallest absolute Gasteiger partial charge is 0.125 e. The quantitative estimate of drug-likeness (QED) is 0.745. The van der Waals surface area contributed by atoms with Gasteiger partial charge >= 0.3 is 0 Å². The van der Waals surface area contributed by atoms with Gasteiger partial charge in [0.15, 0.2) is 0 Å². The zero-order valence-electron chi connectivity index (χ0n) is 13.8. The average molecular weight is 343 g/mol. The van der Waals surface area contributed by atoms with Crippen LogP contribution in [0.4, 0.5) is 0 Å². The zero-order chi connectivity index (χ0) is 17.1. The Balaban J connectivity index is 1.89. The summed E-state index contributed by atoms with van der Waals surface area (Å²) in [5, 5.41) is 13.2. The second-order valence-electron chi connectivity index (χ2n) is 6.09. The van der Waals surface area contributed by atoms with Crippen molar-refractivity contribution in [2.24, 2.45) is 0 Å². The van der Waals surface area contributed by atoms with E-state index in [9.17, 15) is 5.11 Å². The van der Waals surface area contributed by atoms with E-state index in [0.29, 0.717) is 12.3 Å². The molecule has 0 aliphatic rings. The second kappa shape index (κ2) is 7.12. The molecule has 3 rings (SSSR count). The molecule has 1 atom stereocenters. The number of nitrogens with one attached hydrogen (secondary N) is 1. The van der Waals surface area contributed by atoms with E-state index in [1.165, 1.54) is 10.5 Å². The molecule has 0 aliphatic carbocycles. The van der Waals surface area contributed by atoms with Crippen LogP contribution in [0.3, 0.4) is 0 Å². The minimum Gasteiger partial charge on any atom is -0.507 e. The van der Waals surface area contributed by atoms with Gasteiger partial charge in [0, 0.05) is 10.6 Å². The van der Waals surface area contributed by atoms with Gasteiger partial charge in [0.1, 0.15) is 24.6 Å². The molecule has 24 heavy (non-hydrogen) atoms. The number of hydrogen-bond donors (Lipinski definition) is 2. The molecule has 0 heterocycles. The number of benzene rings is 3. The number of ether oxygens (including phenoxy) is 1. The lowest BCUT2D eigenvalue weighted by Crippen LogP contribution is -3.06. The van der Waals surface area contributed by atoms with Gasteiger partial charge in [0.2, 0.25) is 0 Å². The molecule has 1 unspecified atom stereocenters. The third-order valence-electron chi connectivity index (χ3n) is 4.19. The van der Waals surface area contributed by atoms with Crippen LogP contribution in [-0.4, -0.2) is 19.3 Å². The maximum atomic E-state index is 10.4. The Morgan fingerprint density at radius 2 is 1.83 bits per heavy atom. The van der Waals surface area contributed by atoms with Crippen LogP contribution in [-0.2, 0) is 13.1 Å². The lowest BCUT2D eigenvalue weighted by atomic mass is 10.0. The van der Waals surface area contributed by atoms with Gasteiger partial charge in [-0.05, 0) is 41.1 Å². The highest BCUT2D eigenvalue weighted by molar-refractivity contribution is 6.30. The summed E-state index contributed by atoms with van der Waals surface area (Å²) in [5.74, 6) is 1.11. The molecule has 0 bridgehead atoms. The summed E-state index contributed by atoms with van der Waals surface area (Å²) in [7, 11) is 3.76. The fourth-order valence-electron chi connectivity index (χ4n) is 3.02. The summed E-state index contributed by atoms with van der Waals surface area (Å²) in [6.07, 6.45) is 0. The number of phenols is 1. The van der Waals surface area contributed by atoms with Crippen LogP contribution in [0.1, 0.15) is 11.1 Å². The van der Waals surface area contributed by atoms with E-state index in [0.717, 1.165) is 33.7 Å². The van der Waals surface area contributed by atoms with Crippen molar-refractivity contribution in [3.05, 3.63) is 70.7 Å². The fraction of sp³-hybridized carbons (Fsp3) is 0.200. The van der Waals surface area contributed by atoms with Crippen molar-refractivity contribution in [3.63, 3.8) is 0 Å². The molecule has 0 radical (unpaired) electrons. The van der Waals surface area contributed by atoms with Gasteiger partial charge in [-0.1, -0.05) is 35.9 Å². The zero-order valence-corrected chi connectivity index (χ0v) is 14.6. The Hall–Kier alpha value is -2.23. The molecule has 3 aromatic rings. The number of rotatable bonds is 5. The molecule has 124 valence electrons. The normalized spacial score (nSPS) is 12.3. The Morgan fingerprint density at radius 3 is 2.58 bits per heavy atom. The maximum absolute atomic E-state index is 10.4. The number of phenolic OH excluding ortho intramolecular Hbond substituents is 1. The molecule has 0 fully saturated rings. The van der Waals surface area contributed by atoms with Crippen molar-refractivity contribution in [1.82, 2.24) is 0 Å². The number of quaternary nitrogens is 1. The lowest BCUT2D eigenvalue weighted by Gasteiger charge is -2.17. The van der Waals surface area contributed by atoms with Crippen molar-refractivity contribution in [2.45, 2.75) is 13.1 Å². The number of halogens is 1. The molecule has 0 aromatic heterocycles. The minimum absolute atomic E-state index is 0.321. The van der Waals surface area contributed by atoms with Gasteiger partial charge in [-0.2, -0.15) is 0 Å². The molecule has 3 nitrogen and oxygen atoms in total. The largest absolute Gasteiger partial charge is 0.507 e. The average Bonchev–Trinajstić information content (AvgIpc) is 2.57. The Morgan fingerprint density at radius 1 is 1.04 bits per heavy atom. The summed E-state index contributed by atoms with van der Waals surface area (Å²) >= 11 is 6.06. The predicted molar refractivity (Wildman–Crippen MR) is 97.9 cm³/mol. The van der Waals surface area contributed by atoms with Crippen molar-refractivity contribution in [3.8, 4) is 11.5 Å². The van der Waals surface area contributed by atoms with E-state index in [2.05, 4.69) is 13.1 Å². The maximum Gasteiger partial charge on any atom is 0.125 e. The topological polar surface area (TPSA) is 33.9 Å². The first-order valence-corrected chi connectivity index (χ1v) is 8.29. The van der Waals surface area contributed by atoms with Gasteiger partial charge in [-0.25, -0.2) is 0 Å². The Bertz CT molecular complexity index is 863. The number of aromatic hydroxyl groups is 1. The van der Waals surface area contributed by atoms with Crippen LogP contribution in [0, 0.1) is 0 Å². The van der Waals surface area contributed by atoms with E-state index in [-0.39, 0.29) is 0 Å². The monoisotopic (exact) mass is 342 g/mol. The van der Waals surface area contributed by atoms with E-state index in [1.54, 1.807) is 13.2 Å². The SMILES string of the molecule is COc1ccc2ccc(O)c(C[NH+](C)Cc3cccc(Cl)c3)c2c1. The minimum atomic E-state index is 0.321. The summed E-state index contributed by atoms with van der Waals surface area (Å²) < 4.78 is 5.33. The summed E-state index contributed by atoms with van der Waals surface area (Å²) in [6, 6.07) is 17.5. The third kappa shape index (κ3) is 3.64. The van der Waals surface area contributed by atoms with Crippen LogP contribution >= 0.6 is 11.6 Å². The molecule has 0 saturated heterocycles. The molecule has 4 heteroatoms. The first-order chi connectivity index (χ1) is 11.6. The highest BCUT2D eigenvalue weighted by Crippen LogP contribution is 2.29. The molecule has 0 spiro atoms. The van der Waals surface area contributed by atoms with Crippen molar-refractivity contribution in [2.75, 3.05) is 14.2 Å². The number of fused-ring (bicyclic) bond motifs is 1. The predicted octanol–water partition coefficient (Wildman–Crippen LogP) is 3.42. The third-order valence-corrected chi connectivity index (χ3v) is 4.42. The molecular formula is C20H21ClNO2+. The Kier molecular flexibility index (Phi) is 4.93. The highest BCUT2D eigenvalue weighted by Gasteiger charge is 2.13. The van der Waals surface area contributed by atoms with Gasteiger partial charge in [0.25, 0.3) is 0 Å². The fourth-order valence-corrected chi connectivity index (χ4v) is 3.23. The first-order valence-electron chi connectivity index (χ1n) is 7.91. The van der Waals surface area contributed by atoms with E-state index in [4.69, 9.17) is 16.3 Å². The van der Waals surface area contributed by atoms with Crippen LogP contribution in [0.5, 0.6) is 11.5 Å². The van der Waals surface area contributed by atoms with E-state index < -0.39 is 0 Å². The Labute approximate surface area is 147 Å². The molecule has 0 amide bonds. The highest BCUT2D eigenvalue weighted by atomic mass is 35.5. The summed E-state index contributed by atoms with van der Waals surface area (Å²) in [5.41, 5.74) is 2.11. The van der Waals surface area contributed by atoms with Crippen molar-refractivity contribution in [1.29, 1.82) is 0 Å². The standard InChI is InChI=1S/C20H20ClNO2/c1-22(12-14-4-3-5-16(21)10-14)13-19-18-11-17(24-2)8-6-15(18)7-9-20(19)23/h3-11,23H,12-13H2,1-2H3/p+1. The summed E-state index contributed by atoms with van der Waals surface area (Å²) in [6.45, 7) is 1.54. The number of methoxy groups -OCH3 is 1. The van der Waals surface area contributed by atoms with Crippen LogP contribution < -0.4 is 9.64 Å². The first kappa shape index (κ1) is 16.6. The molecule has 2 N–H and O–H groups in total. The van der Waals surface area contributed by atoms with Gasteiger partial charge < -0.3 is 14.7 Å². The second-order valence-corrected chi connectivity index (χ2v) is 6.53. The molecule has 0 aliphatic heterocycles. The van der Waals surface area contributed by atoms with E-state index in [1.807, 2.05) is 42.5 Å². The van der Waals surface area contributed by atoms with Gasteiger partial charge in [-0.3, -0.25) is 0 Å². The van der Waals surface area contributed by atoms with Crippen LogP contribution in [0.15, 0.2) is 54.6 Å². The number of hydrogen-bond acceptors (Lipinski definition) is 2. The lowest BCUT2D eigenvalue weighted by molar-refractivity contribution is -0.907. The van der Waals surface area contributed by atoms with Crippen molar-refractivity contribution >= 4 is 22.4 Å².